The fourth-order valence-electron chi connectivity index (χ4n) is 0.678. The van der Waals surface area contributed by atoms with E-state index in [1.54, 1.807) is 12.1 Å². The summed E-state index contributed by atoms with van der Waals surface area (Å²) in [5, 5.41) is 10.4. The Morgan fingerprint density at radius 1 is 1.64 bits per heavy atom. The quantitative estimate of drug-likeness (QED) is 0.589. The van der Waals surface area contributed by atoms with E-state index in [0.29, 0.717) is 10.7 Å². The number of carboxylic acids is 1. The van der Waals surface area contributed by atoms with E-state index in [9.17, 15) is 9.90 Å². The van der Waals surface area contributed by atoms with Gasteiger partial charge in [0.05, 0.1) is 0 Å². The molecule has 1 aromatic heterocycles. The summed E-state index contributed by atoms with van der Waals surface area (Å²) in [5.74, 6) is -1.12. The second-order valence-corrected chi connectivity index (χ2v) is 2.43. The molecule has 0 aliphatic rings. The van der Waals surface area contributed by atoms with Crippen LogP contribution >= 0.6 is 11.6 Å². The number of hydrogen-bond acceptors (Lipinski definition) is 3. The summed E-state index contributed by atoms with van der Waals surface area (Å²) >= 11 is 5.47. The Balaban J connectivity index is 2.74. The van der Waals surface area contributed by atoms with Gasteiger partial charge in [0, 0.05) is 18.6 Å². The van der Waals surface area contributed by atoms with Crippen LogP contribution in [-0.2, 0) is 11.2 Å². The summed E-state index contributed by atoms with van der Waals surface area (Å²) in [6, 6.07) is 3.14. The van der Waals surface area contributed by atoms with Gasteiger partial charge in [0.1, 0.15) is 5.15 Å². The van der Waals surface area contributed by atoms with Gasteiger partial charge in [0.25, 0.3) is 0 Å². The monoisotopic (exact) mass is 170 g/mol. The van der Waals surface area contributed by atoms with Crippen LogP contribution < -0.4 is 5.11 Å². The van der Waals surface area contributed by atoms with Crippen molar-refractivity contribution in [1.82, 2.24) is 4.98 Å². The maximum Gasteiger partial charge on any atom is 0.129 e. The molecule has 0 saturated heterocycles. The van der Waals surface area contributed by atoms with E-state index in [2.05, 4.69) is 4.98 Å². The lowest BCUT2D eigenvalue weighted by molar-refractivity contribution is -0.304. The lowest BCUT2D eigenvalue weighted by atomic mass is 10.2. The zero-order chi connectivity index (χ0) is 8.27. The highest BCUT2D eigenvalue weighted by atomic mass is 35.5. The molecular weight excluding hydrogens is 166 g/mol. The normalized spacial score (nSPS) is 9.55. The Hall–Kier alpha value is -1.09. The molecule has 0 unspecified atom stereocenters. The molecule has 1 heterocycles. The van der Waals surface area contributed by atoms with Crippen molar-refractivity contribution in [3.63, 3.8) is 0 Å². The van der Waals surface area contributed by atoms with Crippen molar-refractivity contribution >= 4 is 17.6 Å². The third-order valence-corrected chi connectivity index (χ3v) is 1.36. The largest absolute Gasteiger partial charge is 0.550 e. The summed E-state index contributed by atoms with van der Waals surface area (Å²) in [6.07, 6.45) is 1.29. The van der Waals surface area contributed by atoms with Crippen molar-refractivity contribution in [3.8, 4) is 0 Å². The van der Waals surface area contributed by atoms with E-state index in [4.69, 9.17) is 11.6 Å². The Morgan fingerprint density at radius 3 is 2.82 bits per heavy atom. The molecule has 4 heteroatoms. The molecule has 0 radical (unpaired) electrons. The summed E-state index contributed by atoms with van der Waals surface area (Å²) in [7, 11) is 0. The van der Waals surface area contributed by atoms with Gasteiger partial charge in [0.15, 0.2) is 0 Å². The number of rotatable bonds is 2. The van der Waals surface area contributed by atoms with Gasteiger partial charge in [-0.25, -0.2) is 4.98 Å². The van der Waals surface area contributed by atoms with Crippen LogP contribution in [0.3, 0.4) is 0 Å². The molecule has 0 aliphatic carbocycles. The minimum absolute atomic E-state index is 0.121. The second-order valence-electron chi connectivity index (χ2n) is 2.04. The second kappa shape index (κ2) is 3.34. The number of aromatic nitrogens is 1. The molecule has 58 valence electrons. The predicted octanol–water partition coefficient (Wildman–Crippen LogP) is 0.0274. The van der Waals surface area contributed by atoms with E-state index >= 15 is 0 Å². The number of pyridine rings is 1. The third kappa shape index (κ3) is 2.55. The average molecular weight is 171 g/mol. The summed E-state index contributed by atoms with van der Waals surface area (Å²) in [6.45, 7) is 0. The highest BCUT2D eigenvalue weighted by Gasteiger charge is 1.93. The molecule has 0 spiro atoms. The van der Waals surface area contributed by atoms with Crippen LogP contribution in [0.2, 0.25) is 5.15 Å². The molecule has 0 atom stereocenters. The van der Waals surface area contributed by atoms with Crippen LogP contribution in [0.5, 0.6) is 0 Å². The van der Waals surface area contributed by atoms with Crippen molar-refractivity contribution in [2.45, 2.75) is 6.42 Å². The van der Waals surface area contributed by atoms with E-state index in [1.807, 2.05) is 0 Å². The van der Waals surface area contributed by atoms with Crippen LogP contribution in [0.1, 0.15) is 5.56 Å². The Labute approximate surface area is 68.6 Å². The van der Waals surface area contributed by atoms with Gasteiger partial charge >= 0.3 is 0 Å². The van der Waals surface area contributed by atoms with Gasteiger partial charge < -0.3 is 9.90 Å². The fraction of sp³-hybridized carbons (Fsp3) is 0.143. The number of hydrogen-bond donors (Lipinski definition) is 0. The van der Waals surface area contributed by atoms with Crippen LogP contribution in [0.15, 0.2) is 18.3 Å². The number of aliphatic carboxylic acids is 1. The molecule has 1 rings (SSSR count). The molecule has 1 aromatic rings. The van der Waals surface area contributed by atoms with Crippen LogP contribution in [0.4, 0.5) is 0 Å². The lowest BCUT2D eigenvalue weighted by Crippen LogP contribution is -2.24. The molecule has 11 heavy (non-hydrogen) atoms. The fourth-order valence-corrected chi connectivity index (χ4v) is 0.789. The van der Waals surface area contributed by atoms with E-state index < -0.39 is 5.97 Å². The molecule has 0 saturated carbocycles. The molecule has 0 aliphatic heterocycles. The molecule has 0 bridgehead atoms. The Kier molecular flexibility index (Phi) is 2.44. The molecule has 3 nitrogen and oxygen atoms in total. The SMILES string of the molecule is O=C([O-])Cc1ccc(Cl)nc1. The molecular formula is C7H5ClNO2-. The molecule has 0 amide bonds. The maximum absolute atomic E-state index is 10.1. The number of carbonyl (C=O) groups is 1. The zero-order valence-corrected chi connectivity index (χ0v) is 6.34. The van der Waals surface area contributed by atoms with Crippen LogP contribution in [0, 0.1) is 0 Å². The minimum Gasteiger partial charge on any atom is -0.550 e. The minimum atomic E-state index is -1.12. The van der Waals surface area contributed by atoms with Crippen molar-refractivity contribution in [2.24, 2.45) is 0 Å². The Morgan fingerprint density at radius 2 is 2.36 bits per heavy atom. The van der Waals surface area contributed by atoms with E-state index in [-0.39, 0.29) is 6.42 Å². The van der Waals surface area contributed by atoms with Gasteiger partial charge in [-0.2, -0.15) is 0 Å². The van der Waals surface area contributed by atoms with Gasteiger partial charge in [0.2, 0.25) is 0 Å². The highest BCUT2D eigenvalue weighted by molar-refractivity contribution is 6.29. The topological polar surface area (TPSA) is 53.0 Å². The van der Waals surface area contributed by atoms with Gasteiger partial charge in [-0.15, -0.1) is 0 Å². The smallest absolute Gasteiger partial charge is 0.129 e. The number of carboxylic acid groups (broad SMARTS) is 1. The standard InChI is InChI=1S/C7H6ClNO2/c8-6-2-1-5(4-9-6)3-7(10)11/h1-2,4H,3H2,(H,10,11)/p-1. The van der Waals surface area contributed by atoms with E-state index in [1.165, 1.54) is 6.20 Å². The Bertz CT molecular complexity index is 258. The molecule has 0 N–H and O–H groups in total. The first-order valence-electron chi connectivity index (χ1n) is 2.99. The van der Waals surface area contributed by atoms with Crippen molar-refractivity contribution in [3.05, 3.63) is 29.0 Å². The maximum atomic E-state index is 10.1. The number of carbonyl (C=O) groups excluding carboxylic acids is 1. The van der Waals surface area contributed by atoms with E-state index in [0.717, 1.165) is 0 Å². The van der Waals surface area contributed by atoms with Gasteiger partial charge in [-0.05, 0) is 11.6 Å². The molecule has 0 aromatic carbocycles. The van der Waals surface area contributed by atoms with Gasteiger partial charge in [-0.3, -0.25) is 0 Å². The van der Waals surface area contributed by atoms with Gasteiger partial charge in [-0.1, -0.05) is 17.7 Å². The lowest BCUT2D eigenvalue weighted by Gasteiger charge is -2.00. The summed E-state index contributed by atoms with van der Waals surface area (Å²) in [4.78, 5) is 13.8. The van der Waals surface area contributed by atoms with Crippen LogP contribution in [0.25, 0.3) is 0 Å². The van der Waals surface area contributed by atoms with Crippen molar-refractivity contribution < 1.29 is 9.90 Å². The summed E-state index contributed by atoms with van der Waals surface area (Å²) < 4.78 is 0. The van der Waals surface area contributed by atoms with Crippen molar-refractivity contribution in [1.29, 1.82) is 0 Å². The first-order chi connectivity index (χ1) is 5.18. The zero-order valence-electron chi connectivity index (χ0n) is 5.58. The van der Waals surface area contributed by atoms with Crippen molar-refractivity contribution in [2.75, 3.05) is 0 Å². The average Bonchev–Trinajstić information content (AvgIpc) is 1.93. The number of halogens is 1. The number of nitrogens with zero attached hydrogens (tertiary/aromatic N) is 1. The first-order valence-corrected chi connectivity index (χ1v) is 3.36. The van der Waals surface area contributed by atoms with Crippen LogP contribution in [-0.4, -0.2) is 11.0 Å². The predicted molar refractivity (Wildman–Crippen MR) is 38.0 cm³/mol. The first kappa shape index (κ1) is 8.01. The highest BCUT2D eigenvalue weighted by Crippen LogP contribution is 2.04. The summed E-state index contributed by atoms with van der Waals surface area (Å²) in [5.41, 5.74) is 0.592. The molecule has 0 fully saturated rings. The third-order valence-electron chi connectivity index (χ3n) is 1.14.